The van der Waals surface area contributed by atoms with E-state index in [0.29, 0.717) is 19.8 Å². The molecule has 0 radical (unpaired) electrons. The topological polar surface area (TPSA) is 54.9 Å². The quantitative estimate of drug-likeness (QED) is 0.215. The molecule has 0 atom stereocenters. The summed E-state index contributed by atoms with van der Waals surface area (Å²) in [5.74, 6) is 0.646. The molecule has 0 amide bonds. The van der Waals surface area contributed by atoms with Crippen molar-refractivity contribution in [2.45, 2.75) is 38.0 Å². The van der Waals surface area contributed by atoms with Gasteiger partial charge in [0.05, 0.1) is 19.8 Å². The van der Waals surface area contributed by atoms with Crippen LogP contribution < -0.4 is 10.6 Å². The Balaban J connectivity index is 0.00000364. The van der Waals surface area contributed by atoms with Crippen LogP contribution in [0.15, 0.2) is 29.3 Å². The van der Waals surface area contributed by atoms with Gasteiger partial charge in [-0.3, -0.25) is 4.99 Å². The number of halogens is 2. The van der Waals surface area contributed by atoms with Crippen LogP contribution in [0.4, 0.5) is 4.39 Å². The van der Waals surface area contributed by atoms with Crippen LogP contribution in [0.2, 0.25) is 0 Å². The zero-order valence-electron chi connectivity index (χ0n) is 16.4. The van der Waals surface area contributed by atoms with Gasteiger partial charge < -0.3 is 20.1 Å². The molecule has 1 saturated carbocycles. The fourth-order valence-electron chi connectivity index (χ4n) is 3.14. The predicted molar refractivity (Wildman–Crippen MR) is 119 cm³/mol. The third kappa shape index (κ3) is 7.91. The molecule has 0 aromatic heterocycles. The second-order valence-electron chi connectivity index (χ2n) is 6.72. The minimum atomic E-state index is -0.186. The molecule has 2 rings (SSSR count). The Labute approximate surface area is 179 Å². The first-order chi connectivity index (χ1) is 12.7. The van der Waals surface area contributed by atoms with E-state index >= 15 is 0 Å². The summed E-state index contributed by atoms with van der Waals surface area (Å²) in [7, 11) is 1.67. The highest BCUT2D eigenvalue weighted by Gasteiger charge is 2.38. The zero-order chi connectivity index (χ0) is 18.7. The lowest BCUT2D eigenvalue weighted by molar-refractivity contribution is 0.0698. The monoisotopic (exact) mass is 493 g/mol. The van der Waals surface area contributed by atoms with Crippen LogP contribution in [0.3, 0.4) is 0 Å². The molecular weight excluding hydrogens is 460 g/mol. The number of rotatable bonds is 11. The van der Waals surface area contributed by atoms with Crippen molar-refractivity contribution in [2.24, 2.45) is 4.99 Å². The number of aliphatic imine (C=N–C) groups is 1. The SMILES string of the molecule is CCNC(=NCC1(c2ccc(F)cc2)CCC1)NCCCOCCOC.I. The molecule has 0 spiro atoms. The summed E-state index contributed by atoms with van der Waals surface area (Å²) in [5, 5.41) is 6.65. The van der Waals surface area contributed by atoms with Gasteiger partial charge in [0.15, 0.2) is 5.96 Å². The molecule has 5 nitrogen and oxygen atoms in total. The van der Waals surface area contributed by atoms with Gasteiger partial charge in [-0.05, 0) is 43.9 Å². The number of nitrogens with zero attached hydrogens (tertiary/aromatic N) is 1. The van der Waals surface area contributed by atoms with Gasteiger partial charge in [0.2, 0.25) is 0 Å². The van der Waals surface area contributed by atoms with E-state index in [-0.39, 0.29) is 35.2 Å². The molecule has 0 bridgehead atoms. The van der Waals surface area contributed by atoms with Crippen molar-refractivity contribution in [1.29, 1.82) is 0 Å². The van der Waals surface area contributed by atoms with Crippen LogP contribution in [0.25, 0.3) is 0 Å². The second kappa shape index (κ2) is 13.3. The normalized spacial score (nSPS) is 15.6. The van der Waals surface area contributed by atoms with Crippen molar-refractivity contribution in [3.8, 4) is 0 Å². The highest BCUT2D eigenvalue weighted by Crippen LogP contribution is 2.43. The predicted octanol–water partition coefficient (Wildman–Crippen LogP) is 3.47. The molecular formula is C20H33FIN3O2. The smallest absolute Gasteiger partial charge is 0.191 e. The van der Waals surface area contributed by atoms with E-state index in [1.54, 1.807) is 19.2 Å². The molecule has 0 saturated heterocycles. The minimum absolute atomic E-state index is 0. The molecule has 0 aliphatic heterocycles. The summed E-state index contributed by atoms with van der Waals surface area (Å²) in [6.45, 7) is 6.37. The van der Waals surface area contributed by atoms with Crippen molar-refractivity contribution in [1.82, 2.24) is 10.6 Å². The molecule has 7 heteroatoms. The van der Waals surface area contributed by atoms with E-state index in [9.17, 15) is 4.39 Å². The van der Waals surface area contributed by atoms with E-state index in [1.165, 1.54) is 12.0 Å². The Morgan fingerprint density at radius 3 is 2.48 bits per heavy atom. The Morgan fingerprint density at radius 1 is 1.15 bits per heavy atom. The van der Waals surface area contributed by atoms with Crippen molar-refractivity contribution in [3.05, 3.63) is 35.6 Å². The van der Waals surface area contributed by atoms with Gasteiger partial charge in [-0.15, -0.1) is 24.0 Å². The molecule has 27 heavy (non-hydrogen) atoms. The first-order valence-corrected chi connectivity index (χ1v) is 9.55. The number of guanidine groups is 1. The fourth-order valence-corrected chi connectivity index (χ4v) is 3.14. The van der Waals surface area contributed by atoms with Gasteiger partial charge in [-0.25, -0.2) is 4.39 Å². The molecule has 154 valence electrons. The van der Waals surface area contributed by atoms with E-state index in [2.05, 4.69) is 17.6 Å². The van der Waals surface area contributed by atoms with E-state index in [4.69, 9.17) is 14.5 Å². The summed E-state index contributed by atoms with van der Waals surface area (Å²) in [6, 6.07) is 6.90. The van der Waals surface area contributed by atoms with Gasteiger partial charge in [0.25, 0.3) is 0 Å². The van der Waals surface area contributed by atoms with Crippen LogP contribution in [0.5, 0.6) is 0 Å². The summed E-state index contributed by atoms with van der Waals surface area (Å²) in [4.78, 5) is 4.79. The molecule has 2 N–H and O–H groups in total. The largest absolute Gasteiger partial charge is 0.382 e. The zero-order valence-corrected chi connectivity index (χ0v) is 18.8. The first-order valence-electron chi connectivity index (χ1n) is 9.55. The molecule has 1 aliphatic carbocycles. The lowest BCUT2D eigenvalue weighted by Crippen LogP contribution is -2.42. The Morgan fingerprint density at radius 2 is 1.89 bits per heavy atom. The summed E-state index contributed by atoms with van der Waals surface area (Å²) in [6.07, 6.45) is 4.33. The Hall–Kier alpha value is -0.930. The average molecular weight is 493 g/mol. The first kappa shape index (κ1) is 24.1. The van der Waals surface area contributed by atoms with Crippen LogP contribution in [-0.4, -0.2) is 52.5 Å². The highest BCUT2D eigenvalue weighted by molar-refractivity contribution is 14.0. The maximum Gasteiger partial charge on any atom is 0.191 e. The summed E-state index contributed by atoms with van der Waals surface area (Å²) >= 11 is 0. The van der Waals surface area contributed by atoms with Crippen molar-refractivity contribution in [3.63, 3.8) is 0 Å². The lowest BCUT2D eigenvalue weighted by atomic mass is 9.64. The number of benzene rings is 1. The van der Waals surface area contributed by atoms with E-state index in [1.807, 2.05) is 12.1 Å². The van der Waals surface area contributed by atoms with Crippen LogP contribution in [0.1, 0.15) is 38.2 Å². The molecule has 0 heterocycles. The lowest BCUT2D eigenvalue weighted by Gasteiger charge is -2.41. The maximum absolute atomic E-state index is 13.2. The summed E-state index contributed by atoms with van der Waals surface area (Å²) in [5.41, 5.74) is 1.25. The van der Waals surface area contributed by atoms with Gasteiger partial charge in [-0.2, -0.15) is 0 Å². The van der Waals surface area contributed by atoms with Crippen molar-refractivity contribution < 1.29 is 13.9 Å². The van der Waals surface area contributed by atoms with Gasteiger partial charge >= 0.3 is 0 Å². The molecule has 0 unspecified atom stereocenters. The summed E-state index contributed by atoms with van der Waals surface area (Å²) < 4.78 is 23.6. The van der Waals surface area contributed by atoms with Crippen LogP contribution in [0, 0.1) is 5.82 Å². The van der Waals surface area contributed by atoms with Crippen LogP contribution in [-0.2, 0) is 14.9 Å². The van der Waals surface area contributed by atoms with Gasteiger partial charge in [0, 0.05) is 32.2 Å². The maximum atomic E-state index is 13.2. The van der Waals surface area contributed by atoms with Gasteiger partial charge in [0.1, 0.15) is 5.82 Å². The standard InChI is InChI=1S/C20H32FN3O2.HI/c1-3-22-19(23-12-5-13-26-15-14-25-2)24-16-20(10-4-11-20)17-6-8-18(21)9-7-17;/h6-9H,3-5,10-16H2,1-2H3,(H2,22,23,24);1H. The fraction of sp³-hybridized carbons (Fsp3) is 0.650. The van der Waals surface area contributed by atoms with Crippen LogP contribution >= 0.6 is 24.0 Å². The minimum Gasteiger partial charge on any atom is -0.382 e. The third-order valence-corrected chi connectivity index (χ3v) is 4.84. The van der Waals surface area contributed by atoms with Crippen molar-refractivity contribution >= 4 is 29.9 Å². The number of nitrogens with one attached hydrogen (secondary N) is 2. The van der Waals surface area contributed by atoms with Crippen molar-refractivity contribution in [2.75, 3.05) is 46.6 Å². The number of ether oxygens (including phenoxy) is 2. The van der Waals surface area contributed by atoms with E-state index < -0.39 is 0 Å². The molecule has 1 aromatic carbocycles. The number of methoxy groups -OCH3 is 1. The van der Waals surface area contributed by atoms with E-state index in [0.717, 1.165) is 44.9 Å². The number of hydrogen-bond donors (Lipinski definition) is 2. The second-order valence-corrected chi connectivity index (χ2v) is 6.72. The molecule has 1 aliphatic rings. The number of hydrogen-bond acceptors (Lipinski definition) is 3. The Bertz CT molecular complexity index is 551. The van der Waals surface area contributed by atoms with Gasteiger partial charge in [-0.1, -0.05) is 18.6 Å². The molecule has 1 aromatic rings. The Kier molecular flexibility index (Phi) is 11.9. The average Bonchev–Trinajstić information content (AvgIpc) is 2.61. The highest BCUT2D eigenvalue weighted by atomic mass is 127. The molecule has 1 fully saturated rings. The third-order valence-electron chi connectivity index (χ3n) is 4.84.